The van der Waals surface area contributed by atoms with Gasteiger partial charge in [0, 0.05) is 37.3 Å². The maximum atomic E-state index is 12.4. The highest BCUT2D eigenvalue weighted by atomic mass is 35.5. The van der Waals surface area contributed by atoms with Crippen molar-refractivity contribution in [3.8, 4) is 0 Å². The van der Waals surface area contributed by atoms with Crippen molar-refractivity contribution in [2.24, 2.45) is 5.92 Å². The van der Waals surface area contributed by atoms with Crippen LogP contribution in [0.3, 0.4) is 0 Å². The third kappa shape index (κ3) is 6.42. The van der Waals surface area contributed by atoms with Gasteiger partial charge in [-0.15, -0.1) is 0 Å². The van der Waals surface area contributed by atoms with Gasteiger partial charge < -0.3 is 14.5 Å². The quantitative estimate of drug-likeness (QED) is 0.766. The summed E-state index contributed by atoms with van der Waals surface area (Å²) in [6.45, 7) is 6.69. The molecule has 25 heavy (non-hydrogen) atoms. The molecule has 1 aliphatic rings. The van der Waals surface area contributed by atoms with Crippen LogP contribution in [0.4, 0.5) is 4.79 Å². The highest BCUT2D eigenvalue weighted by Crippen LogP contribution is 2.11. The lowest BCUT2D eigenvalue weighted by atomic mass is 10.2. The van der Waals surface area contributed by atoms with Gasteiger partial charge in [-0.05, 0) is 36.1 Å². The van der Waals surface area contributed by atoms with Crippen molar-refractivity contribution in [2.75, 3.05) is 32.8 Å². The molecule has 0 aromatic heterocycles. The average Bonchev–Trinajstić information content (AvgIpc) is 2.85. The highest BCUT2D eigenvalue weighted by molar-refractivity contribution is 6.30. The molecule has 136 valence electrons. The van der Waals surface area contributed by atoms with Gasteiger partial charge in [-0.2, -0.15) is 0 Å². The highest BCUT2D eigenvalue weighted by Gasteiger charge is 2.22. The smallest absolute Gasteiger partial charge is 0.409 e. The summed E-state index contributed by atoms with van der Waals surface area (Å²) in [5.74, 6) is 0.263. The van der Waals surface area contributed by atoms with Gasteiger partial charge in [-0.25, -0.2) is 4.79 Å². The molecule has 2 amide bonds. The monoisotopic (exact) mass is 364 g/mol. The van der Waals surface area contributed by atoms with Crippen molar-refractivity contribution in [1.29, 1.82) is 0 Å². The summed E-state index contributed by atoms with van der Waals surface area (Å²) < 4.78 is 5.27. The van der Waals surface area contributed by atoms with Crippen LogP contribution in [0.25, 0.3) is 6.08 Å². The molecule has 0 saturated carbocycles. The molecule has 0 aliphatic carbocycles. The van der Waals surface area contributed by atoms with E-state index in [-0.39, 0.29) is 12.0 Å². The number of ether oxygens (including phenoxy) is 1. The first-order valence-corrected chi connectivity index (χ1v) is 8.98. The summed E-state index contributed by atoms with van der Waals surface area (Å²) >= 11 is 5.85. The minimum Gasteiger partial charge on any atom is -0.449 e. The number of hydrogen-bond acceptors (Lipinski definition) is 3. The van der Waals surface area contributed by atoms with E-state index in [9.17, 15) is 9.59 Å². The predicted octanol–water partition coefficient (Wildman–Crippen LogP) is 3.68. The SMILES string of the molecule is CC(C)COC(=O)N1CCCN(C(=O)C=Cc2ccc(Cl)cc2)CC1. The normalized spacial score (nSPS) is 15.5. The van der Waals surface area contributed by atoms with Gasteiger partial charge in [0.2, 0.25) is 5.91 Å². The Balaban J connectivity index is 1.86. The van der Waals surface area contributed by atoms with Gasteiger partial charge >= 0.3 is 6.09 Å². The average molecular weight is 365 g/mol. The summed E-state index contributed by atoms with van der Waals surface area (Å²) in [4.78, 5) is 27.9. The Bertz CT molecular complexity index is 614. The molecular formula is C19H25ClN2O3. The first-order valence-electron chi connectivity index (χ1n) is 8.60. The molecule has 0 bridgehead atoms. The molecule has 0 N–H and O–H groups in total. The van der Waals surface area contributed by atoms with E-state index < -0.39 is 0 Å². The lowest BCUT2D eigenvalue weighted by Crippen LogP contribution is -2.37. The molecule has 5 nitrogen and oxygen atoms in total. The van der Waals surface area contributed by atoms with E-state index in [1.807, 2.05) is 26.0 Å². The third-order valence-electron chi connectivity index (χ3n) is 3.89. The number of benzene rings is 1. The van der Waals surface area contributed by atoms with Gasteiger partial charge in [-0.1, -0.05) is 37.6 Å². The third-order valence-corrected chi connectivity index (χ3v) is 4.15. The fraction of sp³-hybridized carbons (Fsp3) is 0.474. The van der Waals surface area contributed by atoms with Crippen LogP contribution in [0.1, 0.15) is 25.8 Å². The summed E-state index contributed by atoms with van der Waals surface area (Å²) in [5.41, 5.74) is 0.923. The molecule has 1 aromatic rings. The summed E-state index contributed by atoms with van der Waals surface area (Å²) in [7, 11) is 0. The van der Waals surface area contributed by atoms with E-state index in [0.29, 0.717) is 43.7 Å². The Morgan fingerprint density at radius 3 is 2.44 bits per heavy atom. The van der Waals surface area contributed by atoms with Gasteiger partial charge in [0.15, 0.2) is 0 Å². The van der Waals surface area contributed by atoms with Gasteiger partial charge in [0.25, 0.3) is 0 Å². The zero-order valence-corrected chi connectivity index (χ0v) is 15.5. The van der Waals surface area contributed by atoms with Crippen LogP contribution in [0.5, 0.6) is 0 Å². The number of halogens is 1. The minimum atomic E-state index is -0.292. The van der Waals surface area contributed by atoms with E-state index in [4.69, 9.17) is 16.3 Å². The molecule has 1 fully saturated rings. The van der Waals surface area contributed by atoms with E-state index >= 15 is 0 Å². The minimum absolute atomic E-state index is 0.0488. The van der Waals surface area contributed by atoms with Crippen LogP contribution in [0.2, 0.25) is 5.02 Å². The fourth-order valence-corrected chi connectivity index (χ4v) is 2.62. The Kier molecular flexibility index (Phi) is 7.31. The van der Waals surface area contributed by atoms with Crippen LogP contribution in [0.15, 0.2) is 30.3 Å². The van der Waals surface area contributed by atoms with Gasteiger partial charge in [0.1, 0.15) is 0 Å². The second-order valence-corrected chi connectivity index (χ2v) is 6.96. The summed E-state index contributed by atoms with van der Waals surface area (Å²) in [6.07, 6.45) is 3.80. The molecule has 0 radical (unpaired) electrons. The number of carbonyl (C=O) groups is 2. The number of carbonyl (C=O) groups excluding carboxylic acids is 2. The molecule has 1 heterocycles. The van der Waals surface area contributed by atoms with Crippen molar-refractivity contribution < 1.29 is 14.3 Å². The topological polar surface area (TPSA) is 49.9 Å². The van der Waals surface area contributed by atoms with E-state index in [1.54, 1.807) is 34.1 Å². The van der Waals surface area contributed by atoms with Crippen LogP contribution < -0.4 is 0 Å². The van der Waals surface area contributed by atoms with Crippen LogP contribution >= 0.6 is 11.6 Å². The van der Waals surface area contributed by atoms with E-state index in [1.165, 1.54) is 0 Å². The second kappa shape index (κ2) is 9.47. The standard InChI is InChI=1S/C19H25ClN2O3/c1-15(2)14-25-19(24)22-11-3-10-21(12-13-22)18(23)9-6-16-4-7-17(20)8-5-16/h4-9,15H,3,10-14H2,1-2H3. The lowest BCUT2D eigenvalue weighted by Gasteiger charge is -2.21. The van der Waals surface area contributed by atoms with Crippen molar-refractivity contribution in [3.63, 3.8) is 0 Å². The predicted molar refractivity (Wildman–Crippen MR) is 99.4 cm³/mol. The lowest BCUT2D eigenvalue weighted by molar-refractivity contribution is -0.125. The molecule has 6 heteroatoms. The van der Waals surface area contributed by atoms with Crippen LogP contribution in [-0.4, -0.2) is 54.6 Å². The summed E-state index contributed by atoms with van der Waals surface area (Å²) in [5, 5.41) is 0.667. The molecule has 1 aromatic carbocycles. The van der Waals surface area contributed by atoms with Gasteiger partial charge in [-0.3, -0.25) is 4.79 Å². The Morgan fingerprint density at radius 1 is 1.12 bits per heavy atom. The number of amides is 2. The zero-order valence-electron chi connectivity index (χ0n) is 14.8. The fourth-order valence-electron chi connectivity index (χ4n) is 2.50. The van der Waals surface area contributed by atoms with E-state index in [0.717, 1.165) is 12.0 Å². The summed E-state index contributed by atoms with van der Waals surface area (Å²) in [6, 6.07) is 7.30. The van der Waals surface area contributed by atoms with Crippen LogP contribution in [0, 0.1) is 5.92 Å². The molecule has 1 aliphatic heterocycles. The molecule has 1 saturated heterocycles. The maximum absolute atomic E-state index is 12.4. The number of rotatable bonds is 4. The zero-order chi connectivity index (χ0) is 18.2. The molecule has 0 spiro atoms. The molecule has 0 unspecified atom stereocenters. The molecular weight excluding hydrogens is 340 g/mol. The first kappa shape index (κ1) is 19.3. The van der Waals surface area contributed by atoms with Gasteiger partial charge in [0.05, 0.1) is 6.61 Å². The maximum Gasteiger partial charge on any atom is 0.409 e. The Morgan fingerprint density at radius 2 is 1.76 bits per heavy atom. The largest absolute Gasteiger partial charge is 0.449 e. The van der Waals surface area contributed by atoms with Crippen molar-refractivity contribution in [3.05, 3.63) is 40.9 Å². The molecule has 0 atom stereocenters. The second-order valence-electron chi connectivity index (χ2n) is 6.52. The van der Waals surface area contributed by atoms with Crippen LogP contribution in [-0.2, 0) is 9.53 Å². The van der Waals surface area contributed by atoms with Crippen molar-refractivity contribution in [2.45, 2.75) is 20.3 Å². The Labute approximate surface area is 154 Å². The van der Waals surface area contributed by atoms with Crippen molar-refractivity contribution >= 4 is 29.7 Å². The first-order chi connectivity index (χ1) is 12.0. The van der Waals surface area contributed by atoms with Crippen molar-refractivity contribution in [1.82, 2.24) is 9.80 Å². The number of nitrogens with zero attached hydrogens (tertiary/aromatic N) is 2. The molecule has 2 rings (SSSR count). The number of hydrogen-bond donors (Lipinski definition) is 0. The Hall–Kier alpha value is -2.01. The van der Waals surface area contributed by atoms with E-state index in [2.05, 4.69) is 0 Å².